The number of carbonyl (C=O) groups is 1. The summed E-state index contributed by atoms with van der Waals surface area (Å²) >= 11 is 0. The molecule has 0 bridgehead atoms. The zero-order chi connectivity index (χ0) is 18.2. The molecule has 0 N–H and O–H groups in total. The summed E-state index contributed by atoms with van der Waals surface area (Å²) in [6.07, 6.45) is 1.22. The van der Waals surface area contributed by atoms with Crippen molar-refractivity contribution in [2.75, 3.05) is 19.6 Å². The van der Waals surface area contributed by atoms with E-state index < -0.39 is 16.1 Å². The molecule has 1 aromatic rings. The minimum Gasteiger partial charge on any atom is -0.372 e. The van der Waals surface area contributed by atoms with Crippen molar-refractivity contribution in [1.82, 2.24) is 9.21 Å². The van der Waals surface area contributed by atoms with Gasteiger partial charge in [-0.25, -0.2) is 8.42 Å². The third-order valence-corrected chi connectivity index (χ3v) is 6.77. The summed E-state index contributed by atoms with van der Waals surface area (Å²) in [6.45, 7) is 7.20. The van der Waals surface area contributed by atoms with E-state index in [1.54, 1.807) is 29.2 Å². The second-order valence-corrected chi connectivity index (χ2v) is 8.98. The summed E-state index contributed by atoms with van der Waals surface area (Å²) in [4.78, 5) is 15.0. The van der Waals surface area contributed by atoms with E-state index in [-0.39, 0.29) is 23.0 Å². The number of hydrogen-bond donors (Lipinski definition) is 0. The van der Waals surface area contributed by atoms with Gasteiger partial charge in [0.05, 0.1) is 17.1 Å². The summed E-state index contributed by atoms with van der Waals surface area (Å²) in [6, 6.07) is 6.19. The smallest absolute Gasteiger partial charge is 0.243 e. The van der Waals surface area contributed by atoms with E-state index >= 15 is 0 Å². The molecule has 138 valence electrons. The fourth-order valence-electron chi connectivity index (χ4n) is 3.69. The number of nitrogens with zero attached hydrogens (tertiary/aromatic N) is 2. The van der Waals surface area contributed by atoms with Crippen LogP contribution in [0.5, 0.6) is 0 Å². The summed E-state index contributed by atoms with van der Waals surface area (Å²) in [7, 11) is -3.66. The van der Waals surface area contributed by atoms with Gasteiger partial charge in [0.15, 0.2) is 0 Å². The van der Waals surface area contributed by atoms with Crippen molar-refractivity contribution in [3.05, 3.63) is 29.8 Å². The normalized spacial score (nSPS) is 28.3. The lowest BCUT2D eigenvalue weighted by molar-refractivity contribution is -0.146. The van der Waals surface area contributed by atoms with Crippen LogP contribution in [-0.4, -0.2) is 61.4 Å². The maximum atomic E-state index is 13.0. The molecule has 0 spiro atoms. The second-order valence-electron chi connectivity index (χ2n) is 7.09. The molecule has 0 radical (unpaired) electrons. The average molecular weight is 366 g/mol. The predicted molar refractivity (Wildman–Crippen MR) is 94.7 cm³/mol. The van der Waals surface area contributed by atoms with E-state index in [1.807, 2.05) is 20.8 Å². The van der Waals surface area contributed by atoms with Gasteiger partial charge in [0, 0.05) is 19.6 Å². The molecule has 0 aromatic heterocycles. The van der Waals surface area contributed by atoms with Crippen molar-refractivity contribution in [3.8, 4) is 0 Å². The van der Waals surface area contributed by atoms with Crippen LogP contribution < -0.4 is 0 Å². The van der Waals surface area contributed by atoms with Crippen LogP contribution in [0.3, 0.4) is 0 Å². The Bertz CT molecular complexity index is 722. The predicted octanol–water partition coefficient (Wildman–Crippen LogP) is 1.78. The zero-order valence-corrected chi connectivity index (χ0v) is 15.8. The molecule has 25 heavy (non-hydrogen) atoms. The van der Waals surface area contributed by atoms with Gasteiger partial charge in [0.2, 0.25) is 15.9 Å². The van der Waals surface area contributed by atoms with Crippen LogP contribution >= 0.6 is 0 Å². The van der Waals surface area contributed by atoms with Gasteiger partial charge in [-0.05, 0) is 45.7 Å². The fraction of sp³-hybridized carbons (Fsp3) is 0.611. The quantitative estimate of drug-likeness (QED) is 0.818. The maximum absolute atomic E-state index is 13.0. The van der Waals surface area contributed by atoms with E-state index in [0.29, 0.717) is 32.5 Å². The third-order valence-electron chi connectivity index (χ3n) is 4.85. The molecule has 2 fully saturated rings. The molecule has 0 unspecified atom stereocenters. The van der Waals surface area contributed by atoms with E-state index in [2.05, 4.69) is 0 Å². The van der Waals surface area contributed by atoms with Crippen LogP contribution in [-0.2, 0) is 19.6 Å². The molecule has 0 saturated carbocycles. The first-order valence-electron chi connectivity index (χ1n) is 8.82. The number of aryl methyl sites for hydroxylation is 1. The Balaban J connectivity index is 1.82. The molecule has 3 atom stereocenters. The average Bonchev–Trinajstić information content (AvgIpc) is 3.04. The molecule has 2 aliphatic rings. The minimum absolute atomic E-state index is 0.0312. The van der Waals surface area contributed by atoms with Gasteiger partial charge in [-0.15, -0.1) is 0 Å². The lowest BCUT2D eigenvalue weighted by Gasteiger charge is -2.37. The zero-order valence-electron chi connectivity index (χ0n) is 15.0. The number of hydrogen-bond acceptors (Lipinski definition) is 4. The summed E-state index contributed by atoms with van der Waals surface area (Å²) in [5.41, 5.74) is 1.00. The Morgan fingerprint density at radius 3 is 2.32 bits per heavy atom. The second kappa shape index (κ2) is 7.05. The van der Waals surface area contributed by atoms with E-state index in [1.165, 1.54) is 4.31 Å². The van der Waals surface area contributed by atoms with Crippen molar-refractivity contribution in [2.45, 2.75) is 56.8 Å². The largest absolute Gasteiger partial charge is 0.372 e. The Kier molecular flexibility index (Phi) is 5.18. The molecule has 7 heteroatoms. The van der Waals surface area contributed by atoms with Crippen molar-refractivity contribution in [1.29, 1.82) is 0 Å². The van der Waals surface area contributed by atoms with Gasteiger partial charge in [0.1, 0.15) is 6.04 Å². The van der Waals surface area contributed by atoms with Crippen molar-refractivity contribution in [2.24, 2.45) is 0 Å². The van der Waals surface area contributed by atoms with Crippen LogP contribution in [0.25, 0.3) is 0 Å². The molecule has 6 nitrogen and oxygen atoms in total. The first-order valence-corrected chi connectivity index (χ1v) is 10.3. The number of morpholine rings is 1. The van der Waals surface area contributed by atoms with Crippen LogP contribution in [0.15, 0.2) is 29.2 Å². The number of sulfonamides is 1. The summed E-state index contributed by atoms with van der Waals surface area (Å²) < 4.78 is 33.1. The van der Waals surface area contributed by atoms with Crippen LogP contribution in [0.4, 0.5) is 0 Å². The Hall–Kier alpha value is -1.44. The molecule has 3 rings (SSSR count). The standard InChI is InChI=1S/C18H26N2O4S/c1-13-6-8-16(9-7-13)25(22,23)20-10-4-5-17(20)18(21)19-11-14(2)24-15(3)12-19/h6-9,14-15,17H,4-5,10-12H2,1-3H3/t14-,15-,17-/m1/s1. The number of ether oxygens (including phenoxy) is 1. The minimum atomic E-state index is -3.66. The highest BCUT2D eigenvalue weighted by Gasteiger charge is 2.42. The lowest BCUT2D eigenvalue weighted by Crippen LogP contribution is -2.54. The first-order chi connectivity index (χ1) is 11.8. The molecular formula is C18H26N2O4S. The first kappa shape index (κ1) is 18.4. The van der Waals surface area contributed by atoms with Crippen LogP contribution in [0, 0.1) is 6.92 Å². The number of carbonyl (C=O) groups excluding carboxylic acids is 1. The van der Waals surface area contributed by atoms with Crippen molar-refractivity contribution < 1.29 is 17.9 Å². The highest BCUT2D eigenvalue weighted by molar-refractivity contribution is 7.89. The van der Waals surface area contributed by atoms with E-state index in [0.717, 1.165) is 5.56 Å². The van der Waals surface area contributed by atoms with Gasteiger partial charge in [-0.1, -0.05) is 17.7 Å². The molecule has 1 amide bonds. The maximum Gasteiger partial charge on any atom is 0.243 e. The van der Waals surface area contributed by atoms with Gasteiger partial charge < -0.3 is 9.64 Å². The van der Waals surface area contributed by atoms with Crippen molar-refractivity contribution >= 4 is 15.9 Å². The summed E-state index contributed by atoms with van der Waals surface area (Å²) in [5.74, 6) is -0.102. The highest BCUT2D eigenvalue weighted by Crippen LogP contribution is 2.28. The molecule has 2 saturated heterocycles. The third kappa shape index (κ3) is 3.73. The Morgan fingerprint density at radius 1 is 1.12 bits per heavy atom. The topological polar surface area (TPSA) is 66.9 Å². The van der Waals surface area contributed by atoms with Gasteiger partial charge in [-0.2, -0.15) is 4.31 Å². The van der Waals surface area contributed by atoms with E-state index in [9.17, 15) is 13.2 Å². The van der Waals surface area contributed by atoms with Gasteiger partial charge in [-0.3, -0.25) is 4.79 Å². The number of benzene rings is 1. The summed E-state index contributed by atoms with van der Waals surface area (Å²) in [5, 5.41) is 0. The van der Waals surface area contributed by atoms with Gasteiger partial charge in [0.25, 0.3) is 0 Å². The molecule has 1 aromatic carbocycles. The van der Waals surface area contributed by atoms with Crippen molar-refractivity contribution in [3.63, 3.8) is 0 Å². The Labute approximate surface area is 149 Å². The number of rotatable bonds is 3. The van der Waals surface area contributed by atoms with Crippen LogP contribution in [0.2, 0.25) is 0 Å². The van der Waals surface area contributed by atoms with Crippen LogP contribution in [0.1, 0.15) is 32.3 Å². The molecule has 2 aliphatic heterocycles. The fourth-order valence-corrected chi connectivity index (χ4v) is 5.34. The Morgan fingerprint density at radius 2 is 1.72 bits per heavy atom. The lowest BCUT2D eigenvalue weighted by atomic mass is 10.1. The molecule has 0 aliphatic carbocycles. The number of amides is 1. The monoisotopic (exact) mass is 366 g/mol. The highest BCUT2D eigenvalue weighted by atomic mass is 32.2. The SMILES string of the molecule is Cc1ccc(S(=O)(=O)N2CCC[C@@H]2C(=O)N2C[C@@H](C)O[C@H](C)C2)cc1. The van der Waals surface area contributed by atoms with E-state index in [4.69, 9.17) is 4.74 Å². The molecule has 2 heterocycles. The molecular weight excluding hydrogens is 340 g/mol. The van der Waals surface area contributed by atoms with Gasteiger partial charge >= 0.3 is 0 Å².